The monoisotopic (exact) mass is 294 g/mol. The molecule has 1 fully saturated rings. The van der Waals surface area contributed by atoms with Gasteiger partial charge in [-0.3, -0.25) is 0 Å². The number of ether oxygens (including phenoxy) is 1. The first-order valence-electron chi connectivity index (χ1n) is 7.96. The van der Waals surface area contributed by atoms with Crippen LogP contribution in [-0.2, 0) is 16.1 Å². The zero-order chi connectivity index (χ0) is 15.4. The van der Waals surface area contributed by atoms with Crippen molar-refractivity contribution in [3.05, 3.63) is 72.9 Å². The van der Waals surface area contributed by atoms with Crippen LogP contribution >= 0.6 is 0 Å². The maximum absolute atomic E-state index is 11.9. The Balaban J connectivity index is 1.53. The van der Waals surface area contributed by atoms with Crippen LogP contribution < -0.4 is 0 Å². The number of rotatable bonds is 5. The van der Waals surface area contributed by atoms with E-state index in [2.05, 4.69) is 24.8 Å². The summed E-state index contributed by atoms with van der Waals surface area (Å²) >= 11 is 0. The zero-order valence-electron chi connectivity index (χ0n) is 12.7. The minimum Gasteiger partial charge on any atom is -0.458 e. The molecule has 0 spiro atoms. The molecule has 2 aliphatic rings. The second kappa shape index (κ2) is 6.78. The lowest BCUT2D eigenvalue weighted by atomic mass is 9.89. The van der Waals surface area contributed by atoms with Gasteiger partial charge >= 0.3 is 5.97 Å². The molecule has 3 rings (SSSR count). The molecule has 1 aromatic rings. The van der Waals surface area contributed by atoms with Crippen LogP contribution in [0.15, 0.2) is 67.3 Å². The van der Waals surface area contributed by atoms with Crippen molar-refractivity contribution in [2.24, 2.45) is 23.7 Å². The fourth-order valence-corrected chi connectivity index (χ4v) is 3.71. The topological polar surface area (TPSA) is 26.3 Å². The van der Waals surface area contributed by atoms with Crippen molar-refractivity contribution in [2.75, 3.05) is 0 Å². The molecule has 0 bridgehead atoms. The molecule has 22 heavy (non-hydrogen) atoms. The van der Waals surface area contributed by atoms with Gasteiger partial charge in [0, 0.05) is 6.08 Å². The van der Waals surface area contributed by atoms with Crippen molar-refractivity contribution in [3.8, 4) is 0 Å². The van der Waals surface area contributed by atoms with E-state index in [0.29, 0.717) is 30.3 Å². The summed E-state index contributed by atoms with van der Waals surface area (Å²) in [6.07, 6.45) is 12.5. The van der Waals surface area contributed by atoms with Crippen LogP contribution in [0.1, 0.15) is 18.4 Å². The predicted octanol–water partition coefficient (Wildman–Crippen LogP) is 4.30. The molecular formula is C20H22O2. The number of carbonyl (C=O) groups is 1. The van der Waals surface area contributed by atoms with Crippen LogP contribution in [0.4, 0.5) is 0 Å². The van der Waals surface area contributed by atoms with Gasteiger partial charge in [0.05, 0.1) is 0 Å². The van der Waals surface area contributed by atoms with Crippen LogP contribution in [0.25, 0.3) is 0 Å². The number of allylic oxidation sites excluding steroid dienone is 4. The highest BCUT2D eigenvalue weighted by molar-refractivity contribution is 5.81. The molecule has 1 saturated carbocycles. The van der Waals surface area contributed by atoms with Crippen LogP contribution in [0.2, 0.25) is 0 Å². The third-order valence-electron chi connectivity index (χ3n) is 4.86. The molecule has 2 heteroatoms. The van der Waals surface area contributed by atoms with E-state index < -0.39 is 0 Å². The highest BCUT2D eigenvalue weighted by Gasteiger charge is 2.40. The third-order valence-corrected chi connectivity index (χ3v) is 4.86. The van der Waals surface area contributed by atoms with Crippen LogP contribution in [0.5, 0.6) is 0 Å². The molecule has 4 unspecified atom stereocenters. The minimum absolute atomic E-state index is 0.256. The van der Waals surface area contributed by atoms with Gasteiger partial charge < -0.3 is 4.74 Å². The van der Waals surface area contributed by atoms with Gasteiger partial charge in [-0.1, -0.05) is 54.6 Å². The number of benzene rings is 1. The molecule has 0 aromatic heterocycles. The van der Waals surface area contributed by atoms with Gasteiger partial charge in [-0.05, 0) is 42.1 Å². The summed E-state index contributed by atoms with van der Waals surface area (Å²) in [6.45, 7) is 4.28. The summed E-state index contributed by atoms with van der Waals surface area (Å²) in [7, 11) is 0. The normalized spacial score (nSPS) is 29.6. The smallest absolute Gasteiger partial charge is 0.330 e. The molecular weight excluding hydrogens is 272 g/mol. The van der Waals surface area contributed by atoms with Gasteiger partial charge in [-0.15, -0.1) is 6.58 Å². The highest BCUT2D eigenvalue weighted by Crippen LogP contribution is 2.48. The Kier molecular flexibility index (Phi) is 4.57. The largest absolute Gasteiger partial charge is 0.458 e. The Morgan fingerprint density at radius 3 is 2.86 bits per heavy atom. The van der Waals surface area contributed by atoms with Crippen molar-refractivity contribution < 1.29 is 9.53 Å². The number of fused-ring (bicyclic) bond motifs is 1. The maximum Gasteiger partial charge on any atom is 0.330 e. The number of hydrogen-bond donors (Lipinski definition) is 0. The minimum atomic E-state index is -0.256. The van der Waals surface area contributed by atoms with E-state index >= 15 is 0 Å². The van der Waals surface area contributed by atoms with Crippen LogP contribution in [0.3, 0.4) is 0 Å². The Labute approximate surface area is 132 Å². The average Bonchev–Trinajstić information content (AvgIpc) is 3.14. The van der Waals surface area contributed by atoms with E-state index in [1.54, 1.807) is 6.08 Å². The van der Waals surface area contributed by atoms with E-state index in [9.17, 15) is 4.79 Å². The fraction of sp³-hybridized carbons (Fsp3) is 0.350. The van der Waals surface area contributed by atoms with E-state index in [0.717, 1.165) is 18.4 Å². The Morgan fingerprint density at radius 2 is 2.09 bits per heavy atom. The van der Waals surface area contributed by atoms with Gasteiger partial charge in [0.2, 0.25) is 0 Å². The predicted molar refractivity (Wildman–Crippen MR) is 87.9 cm³/mol. The lowest BCUT2D eigenvalue weighted by Crippen LogP contribution is -2.10. The summed E-state index contributed by atoms with van der Waals surface area (Å²) in [5, 5.41) is 0. The molecule has 2 aliphatic carbocycles. The molecule has 114 valence electrons. The first kappa shape index (κ1) is 14.8. The first-order valence-corrected chi connectivity index (χ1v) is 7.96. The van der Waals surface area contributed by atoms with Gasteiger partial charge in [-0.25, -0.2) is 4.79 Å². The molecule has 0 amide bonds. The standard InChI is InChI=1S/C20H22O2/c1-2-16-13-17(19-10-6-9-18(16)19)11-12-20(21)22-14-15-7-4-3-5-8-15/h2-9,11-12,16-19H,1,10,13-14H2/b12-11+. The molecule has 0 aliphatic heterocycles. The van der Waals surface area contributed by atoms with E-state index in [1.165, 1.54) is 0 Å². The van der Waals surface area contributed by atoms with Crippen molar-refractivity contribution in [1.29, 1.82) is 0 Å². The quantitative estimate of drug-likeness (QED) is 0.460. The molecule has 1 aromatic carbocycles. The summed E-state index contributed by atoms with van der Waals surface area (Å²) in [5.41, 5.74) is 1.01. The lowest BCUT2D eigenvalue weighted by molar-refractivity contribution is -0.139. The van der Waals surface area contributed by atoms with Gasteiger partial charge in [0.15, 0.2) is 0 Å². The molecule has 0 heterocycles. The van der Waals surface area contributed by atoms with Gasteiger partial charge in [-0.2, -0.15) is 0 Å². The summed E-state index contributed by atoms with van der Waals surface area (Å²) < 4.78 is 5.29. The van der Waals surface area contributed by atoms with E-state index in [1.807, 2.05) is 36.4 Å². The highest BCUT2D eigenvalue weighted by atomic mass is 16.5. The van der Waals surface area contributed by atoms with Gasteiger partial charge in [0.1, 0.15) is 6.61 Å². The van der Waals surface area contributed by atoms with Crippen molar-refractivity contribution >= 4 is 5.97 Å². The number of carbonyl (C=O) groups excluding carboxylic acids is 1. The van der Waals surface area contributed by atoms with Crippen LogP contribution in [0, 0.1) is 23.7 Å². The van der Waals surface area contributed by atoms with E-state index in [-0.39, 0.29) is 5.97 Å². The Hall–Kier alpha value is -2.09. The maximum atomic E-state index is 11.9. The van der Waals surface area contributed by atoms with Gasteiger partial charge in [0.25, 0.3) is 0 Å². The van der Waals surface area contributed by atoms with Crippen molar-refractivity contribution in [2.45, 2.75) is 19.4 Å². The third kappa shape index (κ3) is 3.22. The molecule has 4 atom stereocenters. The lowest BCUT2D eigenvalue weighted by Gasteiger charge is -2.15. The zero-order valence-corrected chi connectivity index (χ0v) is 12.7. The second-order valence-electron chi connectivity index (χ2n) is 6.16. The molecule has 0 N–H and O–H groups in total. The fourth-order valence-electron chi connectivity index (χ4n) is 3.71. The first-order chi connectivity index (χ1) is 10.8. The van der Waals surface area contributed by atoms with Crippen molar-refractivity contribution in [1.82, 2.24) is 0 Å². The Morgan fingerprint density at radius 1 is 1.27 bits per heavy atom. The average molecular weight is 294 g/mol. The second-order valence-corrected chi connectivity index (χ2v) is 6.16. The molecule has 2 nitrogen and oxygen atoms in total. The summed E-state index contributed by atoms with van der Waals surface area (Å²) in [6, 6.07) is 9.75. The van der Waals surface area contributed by atoms with E-state index in [4.69, 9.17) is 4.74 Å². The number of hydrogen-bond acceptors (Lipinski definition) is 2. The summed E-state index contributed by atoms with van der Waals surface area (Å²) in [4.78, 5) is 11.9. The van der Waals surface area contributed by atoms with Crippen LogP contribution in [-0.4, -0.2) is 5.97 Å². The SMILES string of the molecule is C=CC1CC(/C=C/C(=O)OCc2ccccc2)C2CC=CC12. The molecule has 0 radical (unpaired) electrons. The number of esters is 1. The summed E-state index contributed by atoms with van der Waals surface area (Å²) in [5.74, 6) is 1.97. The Bertz CT molecular complexity index is 585. The van der Waals surface area contributed by atoms with Crippen molar-refractivity contribution in [3.63, 3.8) is 0 Å². The molecule has 0 saturated heterocycles.